The zero-order chi connectivity index (χ0) is 15.8. The van der Waals surface area contributed by atoms with Crippen molar-refractivity contribution in [3.05, 3.63) is 29.2 Å². The average Bonchev–Trinajstić information content (AvgIpc) is 2.99. The van der Waals surface area contributed by atoms with Gasteiger partial charge in [-0.25, -0.2) is 0 Å². The van der Waals surface area contributed by atoms with Gasteiger partial charge in [-0.1, -0.05) is 11.6 Å². The first-order valence-electron chi connectivity index (χ1n) is 8.45. The van der Waals surface area contributed by atoms with Crippen molar-refractivity contribution < 1.29 is 9.63 Å². The smallest absolute Gasteiger partial charge is 0.240 e. The topological polar surface area (TPSA) is 80.2 Å². The molecular formula is C16H23N5O2. The SMILES string of the molecule is Cc1noc(CN2CCCn3nc([C@H](O)C4CCC4)cc3C2)n1. The summed E-state index contributed by atoms with van der Waals surface area (Å²) in [4.78, 5) is 6.58. The summed E-state index contributed by atoms with van der Waals surface area (Å²) in [5.41, 5.74) is 1.99. The normalized spacial score (nSPS) is 20.8. The van der Waals surface area contributed by atoms with Crippen molar-refractivity contribution in [3.8, 4) is 0 Å². The summed E-state index contributed by atoms with van der Waals surface area (Å²) >= 11 is 0. The number of hydrogen-bond donors (Lipinski definition) is 1. The van der Waals surface area contributed by atoms with Crippen molar-refractivity contribution in [2.45, 2.75) is 58.3 Å². The molecule has 0 amide bonds. The van der Waals surface area contributed by atoms with Crippen molar-refractivity contribution in [2.24, 2.45) is 5.92 Å². The molecule has 1 N–H and O–H groups in total. The van der Waals surface area contributed by atoms with Crippen LogP contribution in [0.1, 0.15) is 54.9 Å². The van der Waals surface area contributed by atoms with Gasteiger partial charge in [0.05, 0.1) is 17.9 Å². The quantitative estimate of drug-likeness (QED) is 0.926. The molecule has 124 valence electrons. The Balaban J connectivity index is 1.48. The van der Waals surface area contributed by atoms with Crippen molar-refractivity contribution >= 4 is 0 Å². The van der Waals surface area contributed by atoms with E-state index >= 15 is 0 Å². The van der Waals surface area contributed by atoms with Crippen molar-refractivity contribution in [3.63, 3.8) is 0 Å². The van der Waals surface area contributed by atoms with E-state index in [1.165, 1.54) is 6.42 Å². The average molecular weight is 317 g/mol. The second-order valence-corrected chi connectivity index (χ2v) is 6.72. The highest BCUT2D eigenvalue weighted by molar-refractivity contribution is 5.15. The lowest BCUT2D eigenvalue weighted by atomic mass is 9.80. The first-order chi connectivity index (χ1) is 11.2. The highest BCUT2D eigenvalue weighted by Crippen LogP contribution is 2.37. The summed E-state index contributed by atoms with van der Waals surface area (Å²) in [5, 5.41) is 18.9. The fraction of sp³-hybridized carbons (Fsp3) is 0.688. The van der Waals surface area contributed by atoms with E-state index in [9.17, 15) is 5.11 Å². The maximum absolute atomic E-state index is 10.4. The molecule has 0 aromatic carbocycles. The molecule has 23 heavy (non-hydrogen) atoms. The number of rotatable bonds is 4. The number of fused-ring (bicyclic) bond motifs is 1. The van der Waals surface area contributed by atoms with Crippen LogP contribution in [0.2, 0.25) is 0 Å². The number of nitrogens with zero attached hydrogens (tertiary/aromatic N) is 5. The van der Waals surface area contributed by atoms with E-state index in [4.69, 9.17) is 4.52 Å². The molecule has 0 saturated heterocycles. The molecule has 1 fully saturated rings. The summed E-state index contributed by atoms with van der Waals surface area (Å²) in [6.45, 7) is 5.16. The Labute approximate surface area is 135 Å². The number of aliphatic hydroxyl groups excluding tert-OH is 1. The molecule has 1 aliphatic carbocycles. The molecule has 2 aromatic heterocycles. The van der Waals surface area contributed by atoms with Crippen LogP contribution in [0.3, 0.4) is 0 Å². The van der Waals surface area contributed by atoms with E-state index in [1.807, 2.05) is 6.92 Å². The lowest BCUT2D eigenvalue weighted by Gasteiger charge is -2.29. The maximum Gasteiger partial charge on any atom is 0.240 e. The van der Waals surface area contributed by atoms with E-state index in [-0.39, 0.29) is 0 Å². The number of aromatic nitrogens is 4. The minimum absolute atomic E-state index is 0.395. The molecule has 0 bridgehead atoms. The molecule has 2 aromatic rings. The Hall–Kier alpha value is -1.73. The number of hydrogen-bond acceptors (Lipinski definition) is 6. The van der Waals surface area contributed by atoms with Crippen molar-refractivity contribution in [1.82, 2.24) is 24.8 Å². The van der Waals surface area contributed by atoms with Gasteiger partial charge in [0, 0.05) is 19.6 Å². The Kier molecular flexibility index (Phi) is 3.90. The van der Waals surface area contributed by atoms with E-state index in [0.717, 1.165) is 50.3 Å². The zero-order valence-electron chi connectivity index (χ0n) is 13.5. The molecule has 7 heteroatoms. The van der Waals surface area contributed by atoms with Gasteiger partial charge in [-0.2, -0.15) is 10.1 Å². The molecule has 7 nitrogen and oxygen atoms in total. The second-order valence-electron chi connectivity index (χ2n) is 6.72. The van der Waals surface area contributed by atoms with Crippen LogP contribution in [-0.2, 0) is 19.6 Å². The zero-order valence-corrected chi connectivity index (χ0v) is 13.5. The largest absolute Gasteiger partial charge is 0.386 e. The molecule has 0 unspecified atom stereocenters. The fourth-order valence-corrected chi connectivity index (χ4v) is 3.42. The van der Waals surface area contributed by atoms with Gasteiger partial charge in [0.25, 0.3) is 0 Å². The van der Waals surface area contributed by atoms with E-state index in [0.29, 0.717) is 24.2 Å². The fourth-order valence-electron chi connectivity index (χ4n) is 3.42. The molecule has 3 heterocycles. The van der Waals surface area contributed by atoms with E-state index in [1.54, 1.807) is 0 Å². The molecule has 1 saturated carbocycles. The highest BCUT2D eigenvalue weighted by Gasteiger charge is 2.29. The van der Waals surface area contributed by atoms with Gasteiger partial charge >= 0.3 is 0 Å². The first-order valence-corrected chi connectivity index (χ1v) is 8.45. The standard InChI is InChI=1S/C16H23N5O2/c1-11-17-15(23-19-11)10-20-6-3-7-21-13(9-20)8-14(18-21)16(22)12-4-2-5-12/h8,12,16,22H,2-7,9-10H2,1H3/t16-/m1/s1. The van der Waals surface area contributed by atoms with E-state index < -0.39 is 6.10 Å². The summed E-state index contributed by atoms with van der Waals surface area (Å²) in [7, 11) is 0. The summed E-state index contributed by atoms with van der Waals surface area (Å²) in [6.07, 6.45) is 4.08. The minimum Gasteiger partial charge on any atom is -0.386 e. The third-order valence-corrected chi connectivity index (χ3v) is 4.94. The summed E-state index contributed by atoms with van der Waals surface area (Å²) in [5.74, 6) is 1.72. The van der Waals surface area contributed by atoms with Crippen LogP contribution in [-0.4, -0.2) is 36.5 Å². The lowest BCUT2D eigenvalue weighted by Crippen LogP contribution is -2.23. The third kappa shape index (κ3) is 3.03. The molecule has 0 radical (unpaired) electrons. The Morgan fingerprint density at radius 3 is 2.91 bits per heavy atom. The number of aryl methyl sites for hydroxylation is 2. The molecular weight excluding hydrogens is 294 g/mol. The van der Waals surface area contributed by atoms with Gasteiger partial charge in [-0.3, -0.25) is 9.58 Å². The van der Waals surface area contributed by atoms with E-state index in [2.05, 4.69) is 30.9 Å². The predicted octanol–water partition coefficient (Wildman–Crippen LogP) is 1.81. The van der Waals surface area contributed by atoms with Crippen LogP contribution >= 0.6 is 0 Å². The van der Waals surface area contributed by atoms with Crippen LogP contribution in [0, 0.1) is 12.8 Å². The summed E-state index contributed by atoms with van der Waals surface area (Å²) in [6, 6.07) is 2.07. The van der Waals surface area contributed by atoms with Gasteiger partial charge in [-0.05, 0) is 38.2 Å². The van der Waals surface area contributed by atoms with Gasteiger partial charge in [0.1, 0.15) is 6.10 Å². The van der Waals surface area contributed by atoms with Gasteiger partial charge < -0.3 is 9.63 Å². The lowest BCUT2D eigenvalue weighted by molar-refractivity contribution is 0.0580. The Bertz CT molecular complexity index is 676. The Morgan fingerprint density at radius 1 is 1.35 bits per heavy atom. The number of aliphatic hydroxyl groups is 1. The van der Waals surface area contributed by atoms with Crippen LogP contribution in [0.5, 0.6) is 0 Å². The molecule has 2 aliphatic rings. The third-order valence-electron chi connectivity index (χ3n) is 4.94. The van der Waals surface area contributed by atoms with Crippen LogP contribution in [0.15, 0.2) is 10.6 Å². The van der Waals surface area contributed by atoms with Crippen LogP contribution < -0.4 is 0 Å². The van der Waals surface area contributed by atoms with Gasteiger partial charge in [0.15, 0.2) is 5.82 Å². The van der Waals surface area contributed by atoms with Gasteiger partial charge in [-0.15, -0.1) is 0 Å². The maximum atomic E-state index is 10.4. The van der Waals surface area contributed by atoms with Crippen molar-refractivity contribution in [1.29, 1.82) is 0 Å². The second kappa shape index (κ2) is 6.05. The first kappa shape index (κ1) is 14.8. The predicted molar refractivity (Wildman–Crippen MR) is 82.3 cm³/mol. The molecule has 0 spiro atoms. The van der Waals surface area contributed by atoms with Crippen molar-refractivity contribution in [2.75, 3.05) is 6.54 Å². The van der Waals surface area contributed by atoms with Crippen LogP contribution in [0.4, 0.5) is 0 Å². The van der Waals surface area contributed by atoms with Crippen LogP contribution in [0.25, 0.3) is 0 Å². The molecule has 4 rings (SSSR count). The molecule has 1 aliphatic heterocycles. The molecule has 1 atom stereocenters. The Morgan fingerprint density at radius 2 is 2.22 bits per heavy atom. The monoisotopic (exact) mass is 317 g/mol. The summed E-state index contributed by atoms with van der Waals surface area (Å²) < 4.78 is 7.28. The highest BCUT2D eigenvalue weighted by atomic mass is 16.5. The van der Waals surface area contributed by atoms with Gasteiger partial charge in [0.2, 0.25) is 5.89 Å². The minimum atomic E-state index is -0.407.